The summed E-state index contributed by atoms with van der Waals surface area (Å²) in [6.07, 6.45) is 0.778. The first-order valence-electron chi connectivity index (χ1n) is 7.97. The third-order valence-corrected chi connectivity index (χ3v) is 3.92. The molecule has 0 aliphatic heterocycles. The summed E-state index contributed by atoms with van der Waals surface area (Å²) < 4.78 is 42.8. The first-order valence-corrected chi connectivity index (χ1v) is 7.97. The molecule has 1 fully saturated rings. The van der Waals surface area contributed by atoms with Crippen LogP contribution in [-0.4, -0.2) is 19.1 Å². The van der Waals surface area contributed by atoms with Crippen LogP contribution in [0, 0.1) is 17.8 Å². The molecule has 130 valence electrons. The summed E-state index contributed by atoms with van der Waals surface area (Å²) in [6, 6.07) is 4.65. The van der Waals surface area contributed by atoms with Crippen LogP contribution in [0.3, 0.4) is 0 Å². The number of ether oxygens (including phenoxy) is 1. The van der Waals surface area contributed by atoms with E-state index in [9.17, 15) is 18.0 Å². The number of hydrogen-bond donors (Lipinski definition) is 1. The van der Waals surface area contributed by atoms with Gasteiger partial charge in [0.2, 0.25) is 5.91 Å². The fourth-order valence-corrected chi connectivity index (χ4v) is 2.69. The molecule has 0 bridgehead atoms. The van der Waals surface area contributed by atoms with E-state index >= 15 is 0 Å². The van der Waals surface area contributed by atoms with Crippen molar-refractivity contribution in [1.29, 1.82) is 0 Å². The van der Waals surface area contributed by atoms with Crippen molar-refractivity contribution in [1.82, 2.24) is 5.32 Å². The van der Waals surface area contributed by atoms with Crippen LogP contribution in [-0.2, 0) is 11.0 Å². The average Bonchev–Trinajstić information content (AvgIpc) is 3.03. The van der Waals surface area contributed by atoms with Crippen molar-refractivity contribution in [3.8, 4) is 17.6 Å². The SMILES string of the molecule is O=C(CC1CCCC1)NCC#CCOc1cccc(C(F)(F)F)c1. The summed E-state index contributed by atoms with van der Waals surface area (Å²) in [6.45, 7) is 0.192. The molecule has 0 saturated heterocycles. The van der Waals surface area contributed by atoms with Gasteiger partial charge in [-0.15, -0.1) is 0 Å². The molecular weight excluding hydrogens is 319 g/mol. The number of halogens is 3. The molecule has 3 nitrogen and oxygen atoms in total. The molecule has 1 N–H and O–H groups in total. The van der Waals surface area contributed by atoms with Crippen LogP contribution in [0.4, 0.5) is 13.2 Å². The first-order chi connectivity index (χ1) is 11.4. The van der Waals surface area contributed by atoms with Crippen LogP contribution in [0.15, 0.2) is 24.3 Å². The Labute approximate surface area is 139 Å². The molecule has 1 aromatic rings. The molecule has 0 unspecified atom stereocenters. The maximum absolute atomic E-state index is 12.6. The van der Waals surface area contributed by atoms with Crippen LogP contribution < -0.4 is 10.1 Å². The zero-order valence-corrected chi connectivity index (χ0v) is 13.3. The smallest absolute Gasteiger partial charge is 0.416 e. The molecular formula is C18H20F3NO2. The van der Waals surface area contributed by atoms with Crippen molar-refractivity contribution in [2.24, 2.45) is 5.92 Å². The first kappa shape index (κ1) is 18.2. The largest absolute Gasteiger partial charge is 0.481 e. The predicted molar refractivity (Wildman–Crippen MR) is 84.3 cm³/mol. The number of rotatable bonds is 5. The van der Waals surface area contributed by atoms with Crippen molar-refractivity contribution in [2.45, 2.75) is 38.3 Å². The molecule has 1 aliphatic carbocycles. The van der Waals surface area contributed by atoms with Crippen LogP contribution in [0.2, 0.25) is 0 Å². The Hall–Kier alpha value is -2.16. The Morgan fingerprint density at radius 3 is 2.71 bits per heavy atom. The van der Waals surface area contributed by atoms with E-state index in [4.69, 9.17) is 4.74 Å². The zero-order chi connectivity index (χ0) is 17.4. The predicted octanol–water partition coefficient (Wildman–Crippen LogP) is 3.78. The molecule has 0 spiro atoms. The highest BCUT2D eigenvalue weighted by molar-refractivity contribution is 5.76. The lowest BCUT2D eigenvalue weighted by Gasteiger charge is -2.08. The molecule has 0 aromatic heterocycles. The van der Waals surface area contributed by atoms with Gasteiger partial charge in [0.1, 0.15) is 12.4 Å². The van der Waals surface area contributed by atoms with Crippen LogP contribution in [0.25, 0.3) is 0 Å². The average molecular weight is 339 g/mol. The van der Waals surface area contributed by atoms with E-state index in [2.05, 4.69) is 17.2 Å². The van der Waals surface area contributed by atoms with Crippen molar-refractivity contribution in [3.05, 3.63) is 29.8 Å². The summed E-state index contributed by atoms with van der Waals surface area (Å²) in [5, 5.41) is 2.72. The summed E-state index contributed by atoms with van der Waals surface area (Å²) in [5.74, 6) is 6.00. The van der Waals surface area contributed by atoms with Crippen LogP contribution in [0.1, 0.15) is 37.7 Å². The minimum Gasteiger partial charge on any atom is -0.481 e. The summed E-state index contributed by atoms with van der Waals surface area (Å²) in [7, 11) is 0. The highest BCUT2D eigenvalue weighted by Gasteiger charge is 2.30. The van der Waals surface area contributed by atoms with E-state index in [1.165, 1.54) is 25.0 Å². The van der Waals surface area contributed by atoms with Gasteiger partial charge in [-0.3, -0.25) is 4.79 Å². The van der Waals surface area contributed by atoms with Crippen molar-refractivity contribution >= 4 is 5.91 Å². The Bertz CT molecular complexity index is 611. The van der Waals surface area contributed by atoms with Gasteiger partial charge in [0.15, 0.2) is 0 Å². The summed E-state index contributed by atoms with van der Waals surface area (Å²) in [4.78, 5) is 11.7. The maximum atomic E-state index is 12.6. The van der Waals surface area contributed by atoms with Gasteiger partial charge in [0.25, 0.3) is 0 Å². The lowest BCUT2D eigenvalue weighted by Crippen LogP contribution is -2.25. The van der Waals surface area contributed by atoms with Gasteiger partial charge < -0.3 is 10.1 Å². The van der Waals surface area contributed by atoms with Gasteiger partial charge in [-0.05, 0) is 37.0 Å². The minimum absolute atomic E-state index is 0.00463. The normalized spacial score (nSPS) is 14.8. The molecule has 1 aliphatic rings. The molecule has 0 heterocycles. The van der Waals surface area contributed by atoms with Gasteiger partial charge >= 0.3 is 6.18 Å². The van der Waals surface area contributed by atoms with E-state index in [-0.39, 0.29) is 24.8 Å². The minimum atomic E-state index is -4.39. The van der Waals surface area contributed by atoms with E-state index in [1.807, 2.05) is 0 Å². The number of carbonyl (C=O) groups is 1. The third kappa shape index (κ3) is 6.15. The molecule has 2 rings (SSSR count). The highest BCUT2D eigenvalue weighted by Crippen LogP contribution is 2.31. The Balaban J connectivity index is 1.67. The Morgan fingerprint density at radius 2 is 2.00 bits per heavy atom. The molecule has 6 heteroatoms. The highest BCUT2D eigenvalue weighted by atomic mass is 19.4. The quantitative estimate of drug-likeness (QED) is 0.829. The lowest BCUT2D eigenvalue weighted by atomic mass is 10.0. The monoisotopic (exact) mass is 339 g/mol. The third-order valence-electron chi connectivity index (χ3n) is 3.92. The van der Waals surface area contributed by atoms with Crippen molar-refractivity contribution in [3.63, 3.8) is 0 Å². The van der Waals surface area contributed by atoms with Gasteiger partial charge in [-0.2, -0.15) is 13.2 Å². The summed E-state index contributed by atoms with van der Waals surface area (Å²) in [5.41, 5.74) is -0.757. The second-order valence-electron chi connectivity index (χ2n) is 5.80. The fraction of sp³-hybridized carbons (Fsp3) is 0.500. The maximum Gasteiger partial charge on any atom is 0.416 e. The number of nitrogens with one attached hydrogen (secondary N) is 1. The van der Waals surface area contributed by atoms with E-state index < -0.39 is 11.7 Å². The number of alkyl halides is 3. The molecule has 0 radical (unpaired) electrons. The zero-order valence-electron chi connectivity index (χ0n) is 13.3. The molecule has 1 saturated carbocycles. The topological polar surface area (TPSA) is 38.3 Å². The van der Waals surface area contributed by atoms with Gasteiger partial charge in [-0.25, -0.2) is 0 Å². The molecule has 24 heavy (non-hydrogen) atoms. The summed E-state index contributed by atoms with van der Waals surface area (Å²) >= 11 is 0. The second-order valence-corrected chi connectivity index (χ2v) is 5.80. The van der Waals surface area contributed by atoms with E-state index in [0.29, 0.717) is 12.3 Å². The Kier molecular flexibility index (Phi) is 6.53. The standard InChI is InChI=1S/C18H20F3NO2/c19-18(20,21)15-8-5-9-16(13-15)24-11-4-3-10-22-17(23)12-14-6-1-2-7-14/h5,8-9,13-14H,1-2,6-7,10-12H2,(H,22,23). The van der Waals surface area contributed by atoms with E-state index in [0.717, 1.165) is 25.0 Å². The lowest BCUT2D eigenvalue weighted by molar-refractivity contribution is -0.137. The number of benzene rings is 1. The van der Waals surface area contributed by atoms with Gasteiger partial charge in [0, 0.05) is 6.42 Å². The number of amides is 1. The van der Waals surface area contributed by atoms with Crippen LogP contribution >= 0.6 is 0 Å². The van der Waals surface area contributed by atoms with Crippen molar-refractivity contribution in [2.75, 3.05) is 13.2 Å². The molecule has 1 aromatic carbocycles. The van der Waals surface area contributed by atoms with Crippen molar-refractivity contribution < 1.29 is 22.7 Å². The molecule has 0 atom stereocenters. The van der Waals surface area contributed by atoms with Gasteiger partial charge in [-0.1, -0.05) is 30.7 Å². The number of hydrogen-bond acceptors (Lipinski definition) is 2. The number of carbonyl (C=O) groups excluding carboxylic acids is 1. The second kappa shape index (κ2) is 8.62. The molecule has 1 amide bonds. The van der Waals surface area contributed by atoms with Crippen LogP contribution in [0.5, 0.6) is 5.75 Å². The van der Waals surface area contributed by atoms with E-state index in [1.54, 1.807) is 0 Å². The Morgan fingerprint density at radius 1 is 1.25 bits per heavy atom. The van der Waals surface area contributed by atoms with Gasteiger partial charge in [0.05, 0.1) is 12.1 Å². The fourth-order valence-electron chi connectivity index (χ4n) is 2.69.